The van der Waals surface area contributed by atoms with Gasteiger partial charge in [-0.15, -0.1) is 0 Å². The lowest BCUT2D eigenvalue weighted by Gasteiger charge is -2.12. The minimum absolute atomic E-state index is 0.546. The fourth-order valence-corrected chi connectivity index (χ4v) is 2.19. The van der Waals surface area contributed by atoms with Gasteiger partial charge in [-0.1, -0.05) is 12.8 Å². The van der Waals surface area contributed by atoms with E-state index in [1.54, 1.807) is 6.20 Å². The number of nitrogens with two attached hydrogens (primary N) is 1. The van der Waals surface area contributed by atoms with Crippen molar-refractivity contribution in [1.29, 1.82) is 0 Å². The van der Waals surface area contributed by atoms with Crippen LogP contribution in [0.4, 0.5) is 0 Å². The molecule has 94 valence electrons. The van der Waals surface area contributed by atoms with Crippen LogP contribution in [0.2, 0.25) is 0 Å². The summed E-state index contributed by atoms with van der Waals surface area (Å²) in [6.45, 7) is 1.65. The predicted molar refractivity (Wildman–Crippen MR) is 68.7 cm³/mol. The molecule has 0 spiro atoms. The Morgan fingerprint density at radius 2 is 2.29 bits per heavy atom. The van der Waals surface area contributed by atoms with E-state index < -0.39 is 0 Å². The molecule has 5 nitrogen and oxygen atoms in total. The Hall–Kier alpha value is -1.52. The van der Waals surface area contributed by atoms with Crippen LogP contribution in [0.1, 0.15) is 32.1 Å². The first-order valence-electron chi connectivity index (χ1n) is 6.38. The minimum Gasteiger partial charge on any atom is -0.370 e. The number of aromatic nitrogens is 2. The molecular formula is C12H21N5. The summed E-state index contributed by atoms with van der Waals surface area (Å²) in [5.41, 5.74) is 5.83. The Morgan fingerprint density at radius 3 is 3.00 bits per heavy atom. The lowest BCUT2D eigenvalue weighted by Crippen LogP contribution is -2.38. The van der Waals surface area contributed by atoms with E-state index in [2.05, 4.69) is 15.4 Å². The lowest BCUT2D eigenvalue weighted by atomic mass is 10.2. The number of rotatable bonds is 5. The summed E-state index contributed by atoms with van der Waals surface area (Å²) in [7, 11) is 0. The van der Waals surface area contributed by atoms with E-state index in [1.165, 1.54) is 25.7 Å². The highest BCUT2D eigenvalue weighted by Gasteiger charge is 2.14. The molecule has 5 heteroatoms. The maximum Gasteiger partial charge on any atom is 0.188 e. The smallest absolute Gasteiger partial charge is 0.188 e. The molecule has 1 heterocycles. The first-order chi connectivity index (χ1) is 8.34. The molecule has 0 aromatic carbocycles. The van der Waals surface area contributed by atoms with Gasteiger partial charge in [-0.3, -0.25) is 9.67 Å². The summed E-state index contributed by atoms with van der Waals surface area (Å²) < 4.78 is 1.91. The molecule has 1 aromatic heterocycles. The zero-order valence-electron chi connectivity index (χ0n) is 10.2. The number of hydrogen-bond donors (Lipinski definition) is 2. The molecular weight excluding hydrogens is 214 g/mol. The maximum atomic E-state index is 5.83. The number of aryl methyl sites for hydroxylation is 1. The number of nitrogens with zero attached hydrogens (tertiary/aromatic N) is 3. The van der Waals surface area contributed by atoms with E-state index in [0.717, 1.165) is 19.5 Å². The van der Waals surface area contributed by atoms with Crippen molar-refractivity contribution in [2.75, 3.05) is 6.54 Å². The van der Waals surface area contributed by atoms with E-state index in [1.807, 2.05) is 16.9 Å². The van der Waals surface area contributed by atoms with Crippen molar-refractivity contribution in [2.45, 2.75) is 44.7 Å². The summed E-state index contributed by atoms with van der Waals surface area (Å²) in [6.07, 6.45) is 9.79. The third kappa shape index (κ3) is 4.09. The highest BCUT2D eigenvalue weighted by Crippen LogP contribution is 2.17. The van der Waals surface area contributed by atoms with Crippen molar-refractivity contribution < 1.29 is 0 Å². The molecule has 2 rings (SSSR count). The highest BCUT2D eigenvalue weighted by molar-refractivity contribution is 5.78. The fourth-order valence-electron chi connectivity index (χ4n) is 2.19. The molecule has 0 atom stereocenters. The fraction of sp³-hybridized carbons (Fsp3) is 0.667. The summed E-state index contributed by atoms with van der Waals surface area (Å²) in [5.74, 6) is 0.595. The van der Waals surface area contributed by atoms with Crippen LogP contribution < -0.4 is 11.1 Å². The van der Waals surface area contributed by atoms with Crippen LogP contribution >= 0.6 is 0 Å². The first kappa shape index (κ1) is 12.0. The van der Waals surface area contributed by atoms with Gasteiger partial charge < -0.3 is 11.1 Å². The molecule has 0 amide bonds. The molecule has 0 bridgehead atoms. The quantitative estimate of drug-likeness (QED) is 0.456. The van der Waals surface area contributed by atoms with Gasteiger partial charge in [-0.25, -0.2) is 0 Å². The molecule has 1 aliphatic rings. The van der Waals surface area contributed by atoms with Crippen LogP contribution in [0.5, 0.6) is 0 Å². The van der Waals surface area contributed by atoms with Crippen LogP contribution in [0.3, 0.4) is 0 Å². The summed E-state index contributed by atoms with van der Waals surface area (Å²) in [5, 5.41) is 7.42. The van der Waals surface area contributed by atoms with Crippen molar-refractivity contribution in [2.24, 2.45) is 10.7 Å². The normalized spacial score (nSPS) is 17.5. The van der Waals surface area contributed by atoms with Gasteiger partial charge in [-0.05, 0) is 25.3 Å². The second-order valence-corrected chi connectivity index (χ2v) is 4.52. The standard InChI is InChI=1S/C12H21N5/c13-12(16-11-5-1-2-6-11)14-7-3-9-17-10-4-8-15-17/h4,8,10-11H,1-3,5-7,9H2,(H3,13,14,16). The van der Waals surface area contributed by atoms with Crippen molar-refractivity contribution >= 4 is 5.96 Å². The van der Waals surface area contributed by atoms with Crippen LogP contribution in [-0.4, -0.2) is 28.3 Å². The van der Waals surface area contributed by atoms with Crippen molar-refractivity contribution in [1.82, 2.24) is 15.1 Å². The van der Waals surface area contributed by atoms with E-state index in [0.29, 0.717) is 12.0 Å². The topological polar surface area (TPSA) is 68.2 Å². The molecule has 1 saturated carbocycles. The van der Waals surface area contributed by atoms with E-state index in [4.69, 9.17) is 5.73 Å². The molecule has 0 aliphatic heterocycles. The number of nitrogens with one attached hydrogen (secondary N) is 1. The van der Waals surface area contributed by atoms with E-state index in [-0.39, 0.29) is 0 Å². The van der Waals surface area contributed by atoms with Gasteiger partial charge in [0.1, 0.15) is 0 Å². The average Bonchev–Trinajstić information content (AvgIpc) is 2.96. The molecule has 3 N–H and O–H groups in total. The zero-order chi connectivity index (χ0) is 11.9. The van der Waals surface area contributed by atoms with Gasteiger partial charge in [0.2, 0.25) is 0 Å². The summed E-state index contributed by atoms with van der Waals surface area (Å²) in [4.78, 5) is 4.33. The predicted octanol–water partition coefficient (Wildman–Crippen LogP) is 1.12. The second kappa shape index (κ2) is 6.27. The number of guanidine groups is 1. The Morgan fingerprint density at radius 1 is 1.47 bits per heavy atom. The third-order valence-electron chi connectivity index (χ3n) is 3.09. The molecule has 1 fully saturated rings. The van der Waals surface area contributed by atoms with Gasteiger partial charge >= 0.3 is 0 Å². The average molecular weight is 235 g/mol. The van der Waals surface area contributed by atoms with Gasteiger partial charge in [0.05, 0.1) is 0 Å². The minimum atomic E-state index is 0.546. The summed E-state index contributed by atoms with van der Waals surface area (Å²) >= 11 is 0. The molecule has 1 aliphatic carbocycles. The van der Waals surface area contributed by atoms with Crippen molar-refractivity contribution in [3.05, 3.63) is 18.5 Å². The zero-order valence-corrected chi connectivity index (χ0v) is 10.2. The molecule has 1 aromatic rings. The summed E-state index contributed by atoms with van der Waals surface area (Å²) in [6, 6.07) is 2.48. The van der Waals surface area contributed by atoms with Crippen LogP contribution in [-0.2, 0) is 6.54 Å². The third-order valence-corrected chi connectivity index (χ3v) is 3.09. The van der Waals surface area contributed by atoms with Crippen LogP contribution in [0, 0.1) is 0 Å². The van der Waals surface area contributed by atoms with Gasteiger partial charge in [0, 0.05) is 31.5 Å². The van der Waals surface area contributed by atoms with Crippen molar-refractivity contribution in [3.8, 4) is 0 Å². The number of aliphatic imine (C=N–C) groups is 1. The van der Waals surface area contributed by atoms with E-state index >= 15 is 0 Å². The van der Waals surface area contributed by atoms with Gasteiger partial charge in [-0.2, -0.15) is 5.10 Å². The van der Waals surface area contributed by atoms with Crippen LogP contribution in [0.25, 0.3) is 0 Å². The monoisotopic (exact) mass is 235 g/mol. The highest BCUT2D eigenvalue weighted by atomic mass is 15.3. The largest absolute Gasteiger partial charge is 0.370 e. The van der Waals surface area contributed by atoms with E-state index in [9.17, 15) is 0 Å². The lowest BCUT2D eigenvalue weighted by molar-refractivity contribution is 0.581. The Balaban J connectivity index is 1.62. The van der Waals surface area contributed by atoms with Crippen LogP contribution in [0.15, 0.2) is 23.5 Å². The molecule has 0 saturated heterocycles. The van der Waals surface area contributed by atoms with Gasteiger partial charge in [0.15, 0.2) is 5.96 Å². The Kier molecular flexibility index (Phi) is 4.41. The Bertz CT molecular complexity index is 338. The second-order valence-electron chi connectivity index (χ2n) is 4.52. The van der Waals surface area contributed by atoms with Gasteiger partial charge in [0.25, 0.3) is 0 Å². The Labute approximate surface area is 102 Å². The maximum absolute atomic E-state index is 5.83. The SMILES string of the molecule is NC(=NCCCn1cccn1)NC1CCCC1. The first-order valence-corrected chi connectivity index (χ1v) is 6.38. The molecule has 0 radical (unpaired) electrons. The van der Waals surface area contributed by atoms with Crippen molar-refractivity contribution in [3.63, 3.8) is 0 Å². The number of hydrogen-bond acceptors (Lipinski definition) is 2. The molecule has 17 heavy (non-hydrogen) atoms. The molecule has 0 unspecified atom stereocenters.